The highest BCUT2D eigenvalue weighted by molar-refractivity contribution is 5.94. The molecule has 0 spiro atoms. The maximum atomic E-state index is 14.9. The number of nitrogens with one attached hydrogen (secondary N) is 1. The first-order valence-electron chi connectivity index (χ1n) is 19.3. The summed E-state index contributed by atoms with van der Waals surface area (Å²) in [6.07, 6.45) is -11.5. The molecular formula is C43H53NO14. The number of amides is 1. The molecule has 314 valence electrons. The van der Waals surface area contributed by atoms with Gasteiger partial charge in [-0.1, -0.05) is 62.4 Å². The molecule has 58 heavy (non-hydrogen) atoms. The topological polar surface area (TPSA) is 224 Å². The molecule has 2 unspecified atom stereocenters. The summed E-state index contributed by atoms with van der Waals surface area (Å²) in [4.78, 5) is 68.9. The average molecular weight is 808 g/mol. The summed E-state index contributed by atoms with van der Waals surface area (Å²) in [5, 5.41) is 51.6. The number of benzene rings is 2. The third-order valence-corrected chi connectivity index (χ3v) is 12.6. The van der Waals surface area contributed by atoms with E-state index in [1.54, 1.807) is 83.1 Å². The summed E-state index contributed by atoms with van der Waals surface area (Å²) in [7, 11) is 0. The summed E-state index contributed by atoms with van der Waals surface area (Å²) < 4.78 is 29.5. The first-order valence-corrected chi connectivity index (χ1v) is 19.3. The third kappa shape index (κ3) is 7.10. The maximum Gasteiger partial charge on any atom is 0.408 e. The Morgan fingerprint density at radius 3 is 2.10 bits per heavy atom. The highest BCUT2D eigenvalue weighted by Gasteiger charge is 2.78. The normalized spacial score (nSPS) is 33.7. The molecule has 6 rings (SSSR count). The summed E-state index contributed by atoms with van der Waals surface area (Å²) in [5.41, 5.74) is -8.14. The van der Waals surface area contributed by atoms with Crippen LogP contribution in [0, 0.1) is 16.7 Å². The molecule has 4 aliphatic rings. The van der Waals surface area contributed by atoms with Crippen LogP contribution in [0.25, 0.3) is 0 Å². The van der Waals surface area contributed by atoms with Crippen molar-refractivity contribution < 1.29 is 68.1 Å². The molecule has 11 atom stereocenters. The van der Waals surface area contributed by atoms with Crippen molar-refractivity contribution in [1.82, 2.24) is 5.32 Å². The Morgan fingerprint density at radius 2 is 1.55 bits per heavy atom. The minimum atomic E-state index is -2.35. The fraction of sp³-hybridized carbons (Fsp3) is 0.558. The van der Waals surface area contributed by atoms with Gasteiger partial charge in [0.2, 0.25) is 0 Å². The van der Waals surface area contributed by atoms with Gasteiger partial charge in [-0.25, -0.2) is 14.4 Å². The molecular weight excluding hydrogens is 754 g/mol. The molecule has 15 heteroatoms. The van der Waals surface area contributed by atoms with E-state index in [1.165, 1.54) is 26.0 Å². The number of aliphatic hydroxyl groups excluding tert-OH is 3. The maximum absolute atomic E-state index is 14.9. The molecule has 5 N–H and O–H groups in total. The van der Waals surface area contributed by atoms with Crippen LogP contribution in [0.4, 0.5) is 4.79 Å². The Kier molecular flexibility index (Phi) is 11.2. The van der Waals surface area contributed by atoms with Gasteiger partial charge >= 0.3 is 24.0 Å². The van der Waals surface area contributed by atoms with Crippen molar-refractivity contribution in [1.29, 1.82) is 0 Å². The fourth-order valence-electron chi connectivity index (χ4n) is 9.56. The number of hydrogen-bond donors (Lipinski definition) is 5. The number of Topliss-reactive ketones (excluding diaryl/α,β-unsaturated/α-hetero) is 1. The number of carbonyl (C=O) groups is 5. The van der Waals surface area contributed by atoms with Crippen LogP contribution < -0.4 is 5.32 Å². The second kappa shape index (κ2) is 15.2. The molecule has 2 saturated carbocycles. The number of ketones is 1. The van der Waals surface area contributed by atoms with Crippen molar-refractivity contribution in [2.45, 2.75) is 128 Å². The van der Waals surface area contributed by atoms with E-state index in [0.717, 1.165) is 6.92 Å². The van der Waals surface area contributed by atoms with Crippen molar-refractivity contribution in [3.8, 4) is 0 Å². The molecule has 2 aromatic carbocycles. The van der Waals surface area contributed by atoms with Crippen LogP contribution in [0.1, 0.15) is 90.2 Å². The zero-order valence-electron chi connectivity index (χ0n) is 33.9. The van der Waals surface area contributed by atoms with E-state index in [4.69, 9.17) is 23.7 Å². The molecule has 15 nitrogen and oxygen atoms in total. The van der Waals surface area contributed by atoms with E-state index >= 15 is 0 Å². The number of ether oxygens (including phenoxy) is 5. The Labute approximate surface area is 336 Å². The van der Waals surface area contributed by atoms with Gasteiger partial charge in [0.25, 0.3) is 0 Å². The van der Waals surface area contributed by atoms with Crippen LogP contribution in [0.15, 0.2) is 71.8 Å². The largest absolute Gasteiger partial charge is 0.456 e. The summed E-state index contributed by atoms with van der Waals surface area (Å²) in [6.45, 7) is 11.8. The number of esters is 3. The van der Waals surface area contributed by atoms with Crippen LogP contribution in [-0.4, -0.2) is 110 Å². The molecule has 2 bridgehead atoms. The van der Waals surface area contributed by atoms with Crippen molar-refractivity contribution in [3.63, 3.8) is 0 Å². The lowest BCUT2D eigenvalue weighted by Crippen LogP contribution is -2.81. The number of rotatable bonds is 8. The van der Waals surface area contributed by atoms with E-state index in [-0.39, 0.29) is 29.7 Å². The number of hydrogen-bond acceptors (Lipinski definition) is 14. The van der Waals surface area contributed by atoms with Gasteiger partial charge in [0.15, 0.2) is 17.5 Å². The minimum absolute atomic E-state index is 0.0637. The molecule has 3 aliphatic carbocycles. The molecule has 3 fully saturated rings. The summed E-state index contributed by atoms with van der Waals surface area (Å²) in [5.74, 6) is -5.36. The molecule has 0 radical (unpaired) electrons. The minimum Gasteiger partial charge on any atom is -0.456 e. The first kappa shape index (κ1) is 42.9. The van der Waals surface area contributed by atoms with Crippen LogP contribution in [0.5, 0.6) is 0 Å². The Bertz CT molecular complexity index is 1980. The SMILES string of the molecule is CC(=O)O[C@@]12CO[C@@H]1C[C@H](O)[C@@]1(C)C(=O)[C@H](O)C3=C(C)C(OC(=O)[C@H](O)[C@@H](NC(=O)OC(C)(C)C)c4ccccc4)C[C@@](O)([C@@H](OC(=O)c4ccccc4)C12)C3(C)C. The van der Waals surface area contributed by atoms with E-state index in [9.17, 15) is 44.4 Å². The highest BCUT2D eigenvalue weighted by Crippen LogP contribution is 2.64. The number of fused-ring (bicyclic) bond motifs is 5. The van der Waals surface area contributed by atoms with Crippen molar-refractivity contribution in [2.75, 3.05) is 6.61 Å². The second-order valence-electron chi connectivity index (χ2n) is 17.6. The standard InChI is InChI=1S/C43H53NO14/c1-22-26(55-37(51)32(48)30(24-15-11-9-12-16-24)44-38(52)58-39(3,4)5)20-43(53)35(56-36(50)25-17-13-10-14-18-25)33-41(8,34(49)31(47)29(22)40(43,6)7)27(46)19-28-42(33,21-54-28)57-23(2)45/h9-18,26-28,30-33,35,46-48,53H,19-21H2,1-8H3,(H,44,52)/t26?,27-,28+,30-,31+,32+,33?,35-,41+,42-,43+/m0/s1. The van der Waals surface area contributed by atoms with Crippen molar-refractivity contribution >= 4 is 29.8 Å². The van der Waals surface area contributed by atoms with Crippen LogP contribution in [0.2, 0.25) is 0 Å². The van der Waals surface area contributed by atoms with Gasteiger partial charge in [-0.3, -0.25) is 9.59 Å². The Morgan fingerprint density at radius 1 is 0.948 bits per heavy atom. The number of aliphatic hydroxyl groups is 4. The Balaban J connectivity index is 1.49. The van der Waals surface area contributed by atoms with Gasteiger partial charge in [0.1, 0.15) is 35.6 Å². The van der Waals surface area contributed by atoms with Gasteiger partial charge in [0.05, 0.1) is 35.6 Å². The van der Waals surface area contributed by atoms with Crippen LogP contribution in [0.3, 0.4) is 0 Å². The molecule has 0 aromatic heterocycles. The predicted octanol–water partition coefficient (Wildman–Crippen LogP) is 3.26. The lowest BCUT2D eigenvalue weighted by molar-refractivity contribution is -0.346. The monoisotopic (exact) mass is 807 g/mol. The number of carbonyl (C=O) groups excluding carboxylic acids is 5. The van der Waals surface area contributed by atoms with Gasteiger partial charge in [-0.05, 0) is 63.5 Å². The number of alkyl carbamates (subject to hydrolysis) is 1. The molecule has 1 aliphatic heterocycles. The van der Waals surface area contributed by atoms with Gasteiger partial charge < -0.3 is 49.4 Å². The summed E-state index contributed by atoms with van der Waals surface area (Å²) >= 11 is 0. The van der Waals surface area contributed by atoms with Gasteiger partial charge in [-0.2, -0.15) is 0 Å². The molecule has 1 saturated heterocycles. The molecule has 2 aromatic rings. The zero-order valence-corrected chi connectivity index (χ0v) is 33.9. The smallest absolute Gasteiger partial charge is 0.408 e. The van der Waals surface area contributed by atoms with Crippen molar-refractivity contribution in [3.05, 3.63) is 82.9 Å². The fourth-order valence-corrected chi connectivity index (χ4v) is 9.56. The average Bonchev–Trinajstić information content (AvgIpc) is 3.14. The molecule has 1 amide bonds. The lowest BCUT2D eigenvalue weighted by Gasteiger charge is -2.67. The zero-order chi connectivity index (χ0) is 42.7. The highest BCUT2D eigenvalue weighted by atomic mass is 16.6. The summed E-state index contributed by atoms with van der Waals surface area (Å²) in [6, 6.07) is 14.6. The van der Waals surface area contributed by atoms with Gasteiger partial charge in [0, 0.05) is 25.2 Å². The van der Waals surface area contributed by atoms with E-state index < -0.39 is 112 Å². The lowest BCUT2D eigenvalue weighted by atomic mass is 9.44. The van der Waals surface area contributed by atoms with Crippen LogP contribution in [-0.2, 0) is 38.1 Å². The predicted molar refractivity (Wildman–Crippen MR) is 204 cm³/mol. The van der Waals surface area contributed by atoms with E-state index in [2.05, 4.69) is 5.32 Å². The second-order valence-corrected chi connectivity index (χ2v) is 17.6. The van der Waals surface area contributed by atoms with E-state index in [1.807, 2.05) is 0 Å². The third-order valence-electron chi connectivity index (χ3n) is 12.6. The van der Waals surface area contributed by atoms with Crippen LogP contribution >= 0.6 is 0 Å². The molecule has 1 heterocycles. The van der Waals surface area contributed by atoms with Crippen molar-refractivity contribution in [2.24, 2.45) is 16.7 Å². The van der Waals surface area contributed by atoms with E-state index in [0.29, 0.717) is 5.56 Å². The Hall–Kier alpha value is -4.67. The quantitative estimate of drug-likeness (QED) is 0.147. The first-order chi connectivity index (χ1) is 27.0. The van der Waals surface area contributed by atoms with Gasteiger partial charge in [-0.15, -0.1) is 0 Å².